The molecular weight excluding hydrogens is 278 g/mol. The lowest BCUT2D eigenvalue weighted by Gasteiger charge is -2.23. The maximum atomic E-state index is 6.10. The molecule has 100 valence electrons. The van der Waals surface area contributed by atoms with Crippen molar-refractivity contribution in [2.75, 3.05) is 4.90 Å². The highest BCUT2D eigenvalue weighted by atomic mass is 35.5. The van der Waals surface area contributed by atoms with Crippen LogP contribution in [0.15, 0.2) is 22.9 Å². The van der Waals surface area contributed by atoms with Crippen LogP contribution in [0.3, 0.4) is 0 Å². The van der Waals surface area contributed by atoms with Crippen LogP contribution < -0.4 is 4.90 Å². The summed E-state index contributed by atoms with van der Waals surface area (Å²) in [5.41, 5.74) is 1.34. The van der Waals surface area contributed by atoms with E-state index < -0.39 is 0 Å². The number of aryl methyl sites for hydroxylation is 1. The van der Waals surface area contributed by atoms with Crippen LogP contribution >= 0.6 is 22.9 Å². The molecule has 0 saturated heterocycles. The van der Waals surface area contributed by atoms with E-state index in [2.05, 4.69) is 38.6 Å². The third-order valence-corrected chi connectivity index (χ3v) is 4.18. The average Bonchev–Trinajstić information content (AvgIpc) is 3.12. The van der Waals surface area contributed by atoms with Gasteiger partial charge in [-0.2, -0.15) is 11.3 Å². The molecule has 0 radical (unpaired) electrons. The van der Waals surface area contributed by atoms with Crippen molar-refractivity contribution in [3.8, 4) is 0 Å². The molecule has 1 fully saturated rings. The molecule has 0 aromatic carbocycles. The second kappa shape index (κ2) is 5.47. The number of thiophene rings is 1. The van der Waals surface area contributed by atoms with Crippen molar-refractivity contribution in [1.82, 2.24) is 9.97 Å². The molecule has 2 aromatic heterocycles. The normalized spacial score (nSPS) is 14.6. The minimum atomic E-state index is 0.540. The van der Waals surface area contributed by atoms with Crippen LogP contribution in [0.25, 0.3) is 0 Å². The molecule has 0 unspecified atom stereocenters. The zero-order valence-corrected chi connectivity index (χ0v) is 12.4. The molecule has 0 amide bonds. The third-order valence-electron chi connectivity index (χ3n) is 3.26. The van der Waals surface area contributed by atoms with Crippen molar-refractivity contribution in [3.63, 3.8) is 0 Å². The smallest absolute Gasteiger partial charge is 0.134 e. The Morgan fingerprint density at radius 1 is 1.42 bits per heavy atom. The molecule has 19 heavy (non-hydrogen) atoms. The summed E-state index contributed by atoms with van der Waals surface area (Å²) in [6, 6.07) is 4.66. The van der Waals surface area contributed by atoms with Gasteiger partial charge in [-0.15, -0.1) is 0 Å². The molecule has 2 heterocycles. The van der Waals surface area contributed by atoms with Crippen LogP contribution in [0.1, 0.15) is 31.2 Å². The Bertz CT molecular complexity index is 552. The fourth-order valence-corrected chi connectivity index (χ4v) is 2.97. The average molecular weight is 294 g/mol. The lowest BCUT2D eigenvalue weighted by atomic mass is 10.3. The van der Waals surface area contributed by atoms with Crippen molar-refractivity contribution in [3.05, 3.63) is 39.4 Å². The fraction of sp³-hybridized carbons (Fsp3) is 0.429. The second-order valence-corrected chi connectivity index (χ2v) is 5.98. The van der Waals surface area contributed by atoms with E-state index in [4.69, 9.17) is 11.6 Å². The van der Waals surface area contributed by atoms with Gasteiger partial charge in [0.2, 0.25) is 0 Å². The monoisotopic (exact) mass is 293 g/mol. The van der Waals surface area contributed by atoms with E-state index in [1.165, 1.54) is 18.4 Å². The van der Waals surface area contributed by atoms with Crippen molar-refractivity contribution in [2.24, 2.45) is 0 Å². The number of nitrogens with zero attached hydrogens (tertiary/aromatic N) is 3. The third kappa shape index (κ3) is 3.07. The van der Waals surface area contributed by atoms with Crippen LogP contribution in [0.2, 0.25) is 5.15 Å². The maximum absolute atomic E-state index is 6.10. The molecule has 3 rings (SSSR count). The maximum Gasteiger partial charge on any atom is 0.134 e. The summed E-state index contributed by atoms with van der Waals surface area (Å²) in [7, 11) is 0. The molecule has 0 atom stereocenters. The topological polar surface area (TPSA) is 29.0 Å². The Morgan fingerprint density at radius 2 is 2.26 bits per heavy atom. The Hall–Kier alpha value is -1.13. The van der Waals surface area contributed by atoms with Gasteiger partial charge in [-0.25, -0.2) is 9.97 Å². The van der Waals surface area contributed by atoms with Gasteiger partial charge in [0.15, 0.2) is 0 Å². The Balaban J connectivity index is 1.89. The summed E-state index contributed by atoms with van der Waals surface area (Å²) in [6.07, 6.45) is 3.30. The standard InChI is InChI=1S/C14H16ClN3S/c1-2-13-16-12(15)7-14(17-13)18(11-3-4-11)8-10-5-6-19-9-10/h5-7,9,11H,2-4,8H2,1H3. The van der Waals surface area contributed by atoms with Gasteiger partial charge in [0.1, 0.15) is 16.8 Å². The highest BCUT2D eigenvalue weighted by molar-refractivity contribution is 7.07. The number of hydrogen-bond donors (Lipinski definition) is 0. The van der Waals surface area contributed by atoms with Crippen LogP contribution in [0.5, 0.6) is 0 Å². The Kier molecular flexibility index (Phi) is 3.71. The van der Waals surface area contributed by atoms with Crippen molar-refractivity contribution >= 4 is 28.8 Å². The molecule has 1 aliphatic carbocycles. The van der Waals surface area contributed by atoms with E-state index in [1.54, 1.807) is 11.3 Å². The number of rotatable bonds is 5. The Morgan fingerprint density at radius 3 is 2.89 bits per heavy atom. The van der Waals surface area contributed by atoms with E-state index in [0.29, 0.717) is 11.2 Å². The molecule has 0 aliphatic heterocycles. The summed E-state index contributed by atoms with van der Waals surface area (Å²) in [4.78, 5) is 11.2. The fourth-order valence-electron chi connectivity index (χ4n) is 2.12. The van der Waals surface area contributed by atoms with Crippen LogP contribution in [0, 0.1) is 0 Å². The van der Waals surface area contributed by atoms with Crippen molar-refractivity contribution in [2.45, 2.75) is 38.8 Å². The van der Waals surface area contributed by atoms with Crippen LogP contribution in [-0.4, -0.2) is 16.0 Å². The van der Waals surface area contributed by atoms with E-state index in [-0.39, 0.29) is 0 Å². The molecule has 1 saturated carbocycles. The quantitative estimate of drug-likeness (QED) is 0.782. The van der Waals surface area contributed by atoms with Crippen molar-refractivity contribution in [1.29, 1.82) is 0 Å². The SMILES string of the molecule is CCc1nc(Cl)cc(N(Cc2ccsc2)C2CC2)n1. The minimum absolute atomic E-state index is 0.540. The lowest BCUT2D eigenvalue weighted by Crippen LogP contribution is -2.26. The first-order chi connectivity index (χ1) is 9.26. The van der Waals surface area contributed by atoms with E-state index in [0.717, 1.165) is 24.6 Å². The molecule has 1 aliphatic rings. The Labute approximate surface area is 122 Å². The molecule has 2 aromatic rings. The van der Waals surface area contributed by atoms with E-state index in [9.17, 15) is 0 Å². The number of anilines is 1. The van der Waals surface area contributed by atoms with Gasteiger partial charge in [-0.3, -0.25) is 0 Å². The first-order valence-electron chi connectivity index (χ1n) is 6.57. The van der Waals surface area contributed by atoms with E-state index >= 15 is 0 Å². The molecule has 0 N–H and O–H groups in total. The molecular formula is C14H16ClN3S. The zero-order chi connectivity index (χ0) is 13.2. The molecule has 0 spiro atoms. The van der Waals surface area contributed by atoms with Crippen LogP contribution in [-0.2, 0) is 13.0 Å². The summed E-state index contributed by atoms with van der Waals surface area (Å²) in [5.74, 6) is 1.78. The van der Waals surface area contributed by atoms with Gasteiger partial charge >= 0.3 is 0 Å². The zero-order valence-electron chi connectivity index (χ0n) is 10.8. The second-order valence-electron chi connectivity index (χ2n) is 4.81. The lowest BCUT2D eigenvalue weighted by molar-refractivity contribution is 0.767. The summed E-state index contributed by atoms with van der Waals surface area (Å²) in [5, 5.41) is 4.85. The predicted molar refractivity (Wildman–Crippen MR) is 79.9 cm³/mol. The predicted octanol–water partition coefficient (Wildman–Crippen LogP) is 3.92. The van der Waals surface area contributed by atoms with Gasteiger partial charge in [0, 0.05) is 25.1 Å². The number of aromatic nitrogens is 2. The molecule has 0 bridgehead atoms. The minimum Gasteiger partial charge on any atom is -0.349 e. The summed E-state index contributed by atoms with van der Waals surface area (Å²) in [6.45, 7) is 2.96. The van der Waals surface area contributed by atoms with Crippen LogP contribution in [0.4, 0.5) is 5.82 Å². The first-order valence-corrected chi connectivity index (χ1v) is 7.89. The van der Waals surface area contributed by atoms with Gasteiger partial charge in [0.25, 0.3) is 0 Å². The highest BCUT2D eigenvalue weighted by Gasteiger charge is 2.30. The summed E-state index contributed by atoms with van der Waals surface area (Å²) >= 11 is 7.84. The molecule has 3 nitrogen and oxygen atoms in total. The first kappa shape index (κ1) is 12.9. The number of halogens is 1. The van der Waals surface area contributed by atoms with Gasteiger partial charge in [-0.1, -0.05) is 18.5 Å². The number of hydrogen-bond acceptors (Lipinski definition) is 4. The van der Waals surface area contributed by atoms with Gasteiger partial charge < -0.3 is 4.90 Å². The van der Waals surface area contributed by atoms with Crippen molar-refractivity contribution < 1.29 is 0 Å². The largest absolute Gasteiger partial charge is 0.349 e. The van der Waals surface area contributed by atoms with Gasteiger partial charge in [-0.05, 0) is 35.2 Å². The molecule has 5 heteroatoms. The highest BCUT2D eigenvalue weighted by Crippen LogP contribution is 2.33. The van der Waals surface area contributed by atoms with E-state index in [1.807, 2.05) is 6.07 Å². The summed E-state index contributed by atoms with van der Waals surface area (Å²) < 4.78 is 0. The van der Waals surface area contributed by atoms with Gasteiger partial charge in [0.05, 0.1) is 0 Å².